The summed E-state index contributed by atoms with van der Waals surface area (Å²) in [6.45, 7) is 4.62. The van der Waals surface area contributed by atoms with Gasteiger partial charge in [-0.05, 0) is 23.3 Å². The van der Waals surface area contributed by atoms with Crippen molar-refractivity contribution in [3.8, 4) is 11.5 Å². The van der Waals surface area contributed by atoms with E-state index in [4.69, 9.17) is 14.2 Å². The van der Waals surface area contributed by atoms with Crippen LogP contribution in [0.25, 0.3) is 5.76 Å². The van der Waals surface area contributed by atoms with E-state index < -0.39 is 23.5 Å². The Morgan fingerprint density at radius 1 is 1.06 bits per heavy atom. The number of amides is 1. The molecule has 0 aliphatic carbocycles. The van der Waals surface area contributed by atoms with Crippen LogP contribution in [0.2, 0.25) is 0 Å². The number of hydrogen-bond donors (Lipinski definition) is 1. The minimum atomic E-state index is -0.743. The number of methoxy groups -OCH3 is 2. The highest BCUT2D eigenvalue weighted by molar-refractivity contribution is 6.46. The lowest BCUT2D eigenvalue weighted by molar-refractivity contribution is -0.908. The highest BCUT2D eigenvalue weighted by atomic mass is 16.5. The second-order valence-corrected chi connectivity index (χ2v) is 8.42. The summed E-state index contributed by atoms with van der Waals surface area (Å²) in [7, 11) is 2.99. The zero-order valence-corrected chi connectivity index (χ0v) is 19.5. The number of ketones is 1. The Hall–Kier alpha value is -3.36. The van der Waals surface area contributed by atoms with Gasteiger partial charge in [-0.2, -0.15) is 0 Å². The van der Waals surface area contributed by atoms with Crippen LogP contribution in [0.3, 0.4) is 0 Å². The van der Waals surface area contributed by atoms with E-state index in [1.807, 2.05) is 30.3 Å². The molecule has 2 aromatic carbocycles. The molecule has 1 amide bonds. The van der Waals surface area contributed by atoms with Gasteiger partial charge in [-0.1, -0.05) is 42.2 Å². The SMILES string of the molecule is COc1ccc(/C([O-])=C2\C(=O)C(=O)N(CCC[NH+]3CCOCC3)C2c2ccccc2)cc1OC. The first-order chi connectivity index (χ1) is 16.5. The Kier molecular flexibility index (Phi) is 7.49. The van der Waals surface area contributed by atoms with E-state index in [2.05, 4.69) is 0 Å². The zero-order valence-electron chi connectivity index (χ0n) is 19.5. The van der Waals surface area contributed by atoms with E-state index in [-0.39, 0.29) is 11.1 Å². The molecule has 0 saturated carbocycles. The number of hydrogen-bond acceptors (Lipinski definition) is 6. The number of rotatable bonds is 8. The number of quaternary nitrogens is 1. The van der Waals surface area contributed by atoms with Crippen LogP contribution in [0.4, 0.5) is 0 Å². The fourth-order valence-corrected chi connectivity index (χ4v) is 4.63. The second kappa shape index (κ2) is 10.7. The van der Waals surface area contributed by atoms with Crippen molar-refractivity contribution in [3.05, 3.63) is 65.2 Å². The highest BCUT2D eigenvalue weighted by Gasteiger charge is 2.44. The van der Waals surface area contributed by atoms with Crippen molar-refractivity contribution in [3.63, 3.8) is 0 Å². The van der Waals surface area contributed by atoms with Crippen molar-refractivity contribution in [2.75, 3.05) is 53.6 Å². The van der Waals surface area contributed by atoms with E-state index in [1.54, 1.807) is 23.1 Å². The molecule has 2 aliphatic heterocycles. The Labute approximate surface area is 199 Å². The molecule has 2 heterocycles. The summed E-state index contributed by atoms with van der Waals surface area (Å²) in [6, 6.07) is 13.3. The molecule has 34 heavy (non-hydrogen) atoms. The summed E-state index contributed by atoms with van der Waals surface area (Å²) in [5, 5.41) is 13.6. The third-order valence-electron chi connectivity index (χ3n) is 6.42. The summed E-state index contributed by atoms with van der Waals surface area (Å²) in [6.07, 6.45) is 0.732. The van der Waals surface area contributed by atoms with Crippen molar-refractivity contribution in [1.29, 1.82) is 0 Å². The minimum absolute atomic E-state index is 0.0258. The number of benzene rings is 2. The summed E-state index contributed by atoms with van der Waals surface area (Å²) in [4.78, 5) is 29.2. The van der Waals surface area contributed by atoms with E-state index in [1.165, 1.54) is 19.1 Å². The summed E-state index contributed by atoms with van der Waals surface area (Å²) < 4.78 is 16.0. The van der Waals surface area contributed by atoms with Gasteiger partial charge in [0.25, 0.3) is 5.91 Å². The lowest BCUT2D eigenvalue weighted by Crippen LogP contribution is -3.14. The Morgan fingerprint density at radius 3 is 2.44 bits per heavy atom. The van der Waals surface area contributed by atoms with Gasteiger partial charge in [-0.3, -0.25) is 9.59 Å². The highest BCUT2D eigenvalue weighted by Crippen LogP contribution is 2.39. The first kappa shape index (κ1) is 23.8. The molecule has 1 N–H and O–H groups in total. The summed E-state index contributed by atoms with van der Waals surface area (Å²) in [5.41, 5.74) is 0.987. The van der Waals surface area contributed by atoms with Crippen LogP contribution in [0.1, 0.15) is 23.6 Å². The average Bonchev–Trinajstić information content (AvgIpc) is 3.14. The normalized spacial score (nSPS) is 20.5. The molecule has 2 aliphatic rings. The molecule has 0 aromatic heterocycles. The van der Waals surface area contributed by atoms with Gasteiger partial charge >= 0.3 is 0 Å². The van der Waals surface area contributed by atoms with Crippen LogP contribution in [0, 0.1) is 0 Å². The fourth-order valence-electron chi connectivity index (χ4n) is 4.63. The largest absolute Gasteiger partial charge is 0.872 e. The number of likely N-dealkylation sites (tertiary alicyclic amines) is 1. The molecule has 2 aromatic rings. The van der Waals surface area contributed by atoms with Crippen LogP contribution < -0.4 is 19.5 Å². The maximum absolute atomic E-state index is 13.6. The predicted molar refractivity (Wildman–Crippen MR) is 123 cm³/mol. The van der Waals surface area contributed by atoms with Gasteiger partial charge in [-0.25, -0.2) is 0 Å². The number of carbonyl (C=O) groups is 2. The van der Waals surface area contributed by atoms with Crippen molar-refractivity contribution in [1.82, 2.24) is 4.90 Å². The van der Waals surface area contributed by atoms with E-state index in [0.29, 0.717) is 18.0 Å². The third kappa shape index (κ3) is 4.78. The summed E-state index contributed by atoms with van der Waals surface area (Å²) >= 11 is 0. The second-order valence-electron chi connectivity index (χ2n) is 8.42. The number of nitrogens with zero attached hydrogens (tertiary/aromatic N) is 1. The first-order valence-electron chi connectivity index (χ1n) is 11.5. The van der Waals surface area contributed by atoms with Gasteiger partial charge in [0.05, 0.1) is 40.0 Å². The number of nitrogens with one attached hydrogen (secondary N) is 1. The number of morpholine rings is 1. The first-order valence-corrected chi connectivity index (χ1v) is 11.5. The van der Waals surface area contributed by atoms with Crippen LogP contribution in [-0.4, -0.2) is 70.2 Å². The van der Waals surface area contributed by atoms with Crippen molar-refractivity contribution in [2.45, 2.75) is 12.5 Å². The lowest BCUT2D eigenvalue weighted by Gasteiger charge is -2.29. The molecular formula is C26H30N2O6. The molecule has 8 nitrogen and oxygen atoms in total. The van der Waals surface area contributed by atoms with Gasteiger partial charge in [-0.15, -0.1) is 0 Å². The molecule has 4 rings (SSSR count). The monoisotopic (exact) mass is 466 g/mol. The molecule has 0 radical (unpaired) electrons. The standard InChI is InChI=1S/C26H30N2O6/c1-32-20-10-9-19(17-21(20)33-2)24(29)22-23(18-7-4-3-5-8-18)28(26(31)25(22)30)12-6-11-27-13-15-34-16-14-27/h3-5,7-10,17,23,29H,6,11-16H2,1-2H3/b24-22+. The molecule has 1 unspecified atom stereocenters. The Bertz CT molecular complexity index is 1060. The van der Waals surface area contributed by atoms with Gasteiger partial charge in [0.2, 0.25) is 5.78 Å². The maximum atomic E-state index is 13.6. The number of ether oxygens (including phenoxy) is 3. The molecule has 180 valence electrons. The Balaban J connectivity index is 1.67. The van der Waals surface area contributed by atoms with Gasteiger partial charge in [0.1, 0.15) is 13.1 Å². The van der Waals surface area contributed by atoms with Crippen LogP contribution in [0.15, 0.2) is 54.1 Å². The Morgan fingerprint density at radius 2 is 1.76 bits per heavy atom. The van der Waals surface area contributed by atoms with E-state index in [9.17, 15) is 14.7 Å². The van der Waals surface area contributed by atoms with Gasteiger partial charge in [0, 0.05) is 18.5 Å². The van der Waals surface area contributed by atoms with Crippen molar-refractivity contribution >= 4 is 17.4 Å². The van der Waals surface area contributed by atoms with Crippen molar-refractivity contribution < 1.29 is 33.8 Å². The van der Waals surface area contributed by atoms with Crippen LogP contribution in [0.5, 0.6) is 11.5 Å². The third-order valence-corrected chi connectivity index (χ3v) is 6.42. The van der Waals surface area contributed by atoms with Crippen LogP contribution >= 0.6 is 0 Å². The van der Waals surface area contributed by atoms with Gasteiger partial charge in [0.15, 0.2) is 11.5 Å². The quantitative estimate of drug-likeness (QED) is 0.340. The molecule has 1 atom stereocenters. The summed E-state index contributed by atoms with van der Waals surface area (Å²) in [5.74, 6) is -0.992. The van der Waals surface area contributed by atoms with E-state index >= 15 is 0 Å². The smallest absolute Gasteiger partial charge is 0.295 e. The molecule has 2 fully saturated rings. The zero-order chi connectivity index (χ0) is 24.1. The molecule has 0 bridgehead atoms. The molecular weight excluding hydrogens is 436 g/mol. The van der Waals surface area contributed by atoms with Crippen LogP contribution in [-0.2, 0) is 14.3 Å². The van der Waals surface area contributed by atoms with E-state index in [0.717, 1.165) is 44.8 Å². The molecule has 0 spiro atoms. The fraction of sp³-hybridized carbons (Fsp3) is 0.385. The minimum Gasteiger partial charge on any atom is -0.872 e. The number of Topliss-reactive ketones (excluding diaryl/α,β-unsaturated/α-hetero) is 1. The topological polar surface area (TPSA) is 92.6 Å². The maximum Gasteiger partial charge on any atom is 0.295 e. The van der Waals surface area contributed by atoms with Crippen molar-refractivity contribution in [2.24, 2.45) is 0 Å². The van der Waals surface area contributed by atoms with Gasteiger partial charge < -0.3 is 29.1 Å². The average molecular weight is 467 g/mol. The molecule has 8 heteroatoms. The predicted octanol–water partition coefficient (Wildman–Crippen LogP) is 0.233. The molecule has 2 saturated heterocycles. The number of carbonyl (C=O) groups excluding carboxylic acids is 2. The lowest BCUT2D eigenvalue weighted by atomic mass is 9.95.